The van der Waals surface area contributed by atoms with Crippen molar-refractivity contribution in [2.45, 2.75) is 37.8 Å². The number of pyridine rings is 1. The van der Waals surface area contributed by atoms with Crippen molar-refractivity contribution in [2.24, 2.45) is 0 Å². The molecule has 1 aliphatic rings. The normalized spacial score (nSPS) is 20.6. The Labute approximate surface area is 158 Å². The standard InChI is InChI=1S/C18H18BrN3O2S/c19-11-7-13(10-20-9-11)24-12-5-6-15-17(8-12)25-18(22-15)21-14-3-1-2-4-16(14)23/h5-10,14,16,23H,1-4H2,(H,21,22)/t14-,16-/m1/s1. The zero-order chi connectivity index (χ0) is 17.2. The maximum absolute atomic E-state index is 10.1. The van der Waals surface area contributed by atoms with Crippen LogP contribution in [-0.2, 0) is 0 Å². The summed E-state index contributed by atoms with van der Waals surface area (Å²) in [6, 6.07) is 7.81. The summed E-state index contributed by atoms with van der Waals surface area (Å²) in [4.78, 5) is 8.73. The molecule has 2 N–H and O–H groups in total. The molecule has 1 fully saturated rings. The largest absolute Gasteiger partial charge is 0.456 e. The van der Waals surface area contributed by atoms with Gasteiger partial charge in [0.15, 0.2) is 5.13 Å². The van der Waals surface area contributed by atoms with Crippen molar-refractivity contribution in [2.75, 3.05) is 5.32 Å². The highest BCUT2D eigenvalue weighted by Crippen LogP contribution is 2.33. The fourth-order valence-electron chi connectivity index (χ4n) is 3.05. The number of benzene rings is 1. The Morgan fingerprint density at radius 3 is 2.88 bits per heavy atom. The smallest absolute Gasteiger partial charge is 0.184 e. The van der Waals surface area contributed by atoms with Crippen LogP contribution in [0.1, 0.15) is 25.7 Å². The third-order valence-corrected chi connectivity index (χ3v) is 5.70. The third kappa shape index (κ3) is 3.94. The van der Waals surface area contributed by atoms with Crippen molar-refractivity contribution in [1.29, 1.82) is 0 Å². The highest BCUT2D eigenvalue weighted by Gasteiger charge is 2.23. The van der Waals surface area contributed by atoms with Gasteiger partial charge in [0.1, 0.15) is 11.5 Å². The number of rotatable bonds is 4. The van der Waals surface area contributed by atoms with Gasteiger partial charge in [-0.1, -0.05) is 24.2 Å². The third-order valence-electron chi connectivity index (χ3n) is 4.31. The molecular formula is C18H18BrN3O2S. The molecule has 1 aliphatic carbocycles. The molecular weight excluding hydrogens is 402 g/mol. The molecule has 130 valence electrons. The Kier molecular flexibility index (Phi) is 4.87. The van der Waals surface area contributed by atoms with Gasteiger partial charge in [-0.15, -0.1) is 0 Å². The van der Waals surface area contributed by atoms with E-state index in [0.29, 0.717) is 5.75 Å². The molecule has 1 aromatic carbocycles. The lowest BCUT2D eigenvalue weighted by atomic mass is 9.93. The molecule has 0 unspecified atom stereocenters. The number of fused-ring (bicyclic) bond motifs is 1. The van der Waals surface area contributed by atoms with E-state index in [0.717, 1.165) is 51.3 Å². The fourth-order valence-corrected chi connectivity index (χ4v) is 4.35. The van der Waals surface area contributed by atoms with Crippen molar-refractivity contribution in [3.8, 4) is 11.5 Å². The number of halogens is 1. The quantitative estimate of drug-likeness (QED) is 0.625. The van der Waals surface area contributed by atoms with Crippen molar-refractivity contribution in [3.63, 3.8) is 0 Å². The molecule has 0 amide bonds. The molecule has 7 heteroatoms. The zero-order valence-electron chi connectivity index (χ0n) is 13.5. The summed E-state index contributed by atoms with van der Waals surface area (Å²) >= 11 is 4.97. The Balaban J connectivity index is 1.52. The first-order valence-electron chi connectivity index (χ1n) is 8.31. The van der Waals surface area contributed by atoms with E-state index in [-0.39, 0.29) is 12.1 Å². The van der Waals surface area contributed by atoms with Crippen LogP contribution in [0.5, 0.6) is 11.5 Å². The first kappa shape index (κ1) is 16.8. The number of thiazole rings is 1. The molecule has 2 atom stereocenters. The van der Waals surface area contributed by atoms with E-state index in [2.05, 4.69) is 31.2 Å². The van der Waals surface area contributed by atoms with Crippen LogP contribution < -0.4 is 10.1 Å². The van der Waals surface area contributed by atoms with E-state index in [1.807, 2.05) is 24.3 Å². The van der Waals surface area contributed by atoms with Gasteiger partial charge >= 0.3 is 0 Å². The van der Waals surface area contributed by atoms with Gasteiger partial charge in [-0.2, -0.15) is 0 Å². The number of nitrogens with one attached hydrogen (secondary N) is 1. The van der Waals surface area contributed by atoms with Gasteiger partial charge in [0, 0.05) is 16.7 Å². The van der Waals surface area contributed by atoms with Crippen molar-refractivity contribution >= 4 is 42.6 Å². The van der Waals surface area contributed by atoms with Gasteiger partial charge in [-0.3, -0.25) is 4.98 Å². The Morgan fingerprint density at radius 2 is 2.04 bits per heavy atom. The van der Waals surface area contributed by atoms with Gasteiger partial charge in [-0.05, 0) is 47.0 Å². The molecule has 0 bridgehead atoms. The molecule has 0 spiro atoms. The molecule has 0 radical (unpaired) electrons. The minimum Gasteiger partial charge on any atom is -0.456 e. The number of hydrogen-bond acceptors (Lipinski definition) is 6. The summed E-state index contributed by atoms with van der Waals surface area (Å²) in [5.74, 6) is 1.43. The van der Waals surface area contributed by atoms with Crippen LogP contribution in [0, 0.1) is 0 Å². The van der Waals surface area contributed by atoms with Crippen LogP contribution in [0.4, 0.5) is 5.13 Å². The minimum atomic E-state index is -0.288. The van der Waals surface area contributed by atoms with E-state index < -0.39 is 0 Å². The Morgan fingerprint density at radius 1 is 1.16 bits per heavy atom. The van der Waals surface area contributed by atoms with Crippen LogP contribution >= 0.6 is 27.3 Å². The SMILES string of the molecule is O[C@@H]1CCCC[C@H]1Nc1nc2ccc(Oc3cncc(Br)c3)cc2s1. The average Bonchev–Trinajstić information content (AvgIpc) is 2.99. The molecule has 4 rings (SSSR count). The van der Waals surface area contributed by atoms with E-state index in [4.69, 9.17) is 4.74 Å². The van der Waals surface area contributed by atoms with Gasteiger partial charge in [0.05, 0.1) is 28.6 Å². The topological polar surface area (TPSA) is 67.3 Å². The fraction of sp³-hybridized carbons (Fsp3) is 0.333. The van der Waals surface area contributed by atoms with Crippen LogP contribution in [0.2, 0.25) is 0 Å². The lowest BCUT2D eigenvalue weighted by molar-refractivity contribution is 0.116. The molecule has 2 aromatic heterocycles. The van der Waals surface area contributed by atoms with Crippen molar-refractivity contribution in [3.05, 3.63) is 41.1 Å². The summed E-state index contributed by atoms with van der Waals surface area (Å²) in [5.41, 5.74) is 0.928. The van der Waals surface area contributed by atoms with Crippen LogP contribution in [-0.4, -0.2) is 27.2 Å². The molecule has 0 aliphatic heterocycles. The number of hydrogen-bond donors (Lipinski definition) is 2. The van der Waals surface area contributed by atoms with E-state index in [1.165, 1.54) is 0 Å². The second-order valence-electron chi connectivity index (χ2n) is 6.19. The monoisotopic (exact) mass is 419 g/mol. The Bertz CT molecular complexity index is 886. The van der Waals surface area contributed by atoms with Gasteiger partial charge in [0.2, 0.25) is 0 Å². The molecule has 25 heavy (non-hydrogen) atoms. The lowest BCUT2D eigenvalue weighted by Crippen LogP contribution is -2.36. The summed E-state index contributed by atoms with van der Waals surface area (Å²) in [6.07, 6.45) is 7.21. The number of ether oxygens (including phenoxy) is 1. The van der Waals surface area contributed by atoms with Crippen molar-refractivity contribution in [1.82, 2.24) is 9.97 Å². The predicted octanol–water partition coefficient (Wildman–Crippen LogP) is 4.96. The molecule has 2 heterocycles. The predicted molar refractivity (Wildman–Crippen MR) is 104 cm³/mol. The van der Waals surface area contributed by atoms with Crippen LogP contribution in [0.15, 0.2) is 41.1 Å². The number of aliphatic hydroxyl groups excluding tert-OH is 1. The highest BCUT2D eigenvalue weighted by atomic mass is 79.9. The first-order valence-corrected chi connectivity index (χ1v) is 9.92. The zero-order valence-corrected chi connectivity index (χ0v) is 15.9. The second kappa shape index (κ2) is 7.27. The number of aromatic nitrogens is 2. The van der Waals surface area contributed by atoms with Gasteiger partial charge < -0.3 is 15.2 Å². The summed E-state index contributed by atoms with van der Waals surface area (Å²) in [7, 11) is 0. The highest BCUT2D eigenvalue weighted by molar-refractivity contribution is 9.10. The molecule has 1 saturated carbocycles. The first-order chi connectivity index (χ1) is 12.2. The van der Waals surface area contributed by atoms with Crippen LogP contribution in [0.25, 0.3) is 10.2 Å². The minimum absolute atomic E-state index is 0.0952. The average molecular weight is 420 g/mol. The summed E-state index contributed by atoms with van der Waals surface area (Å²) in [5, 5.41) is 14.4. The van der Waals surface area contributed by atoms with Gasteiger partial charge in [0.25, 0.3) is 0 Å². The lowest BCUT2D eigenvalue weighted by Gasteiger charge is -2.27. The number of aliphatic hydroxyl groups is 1. The molecule has 3 aromatic rings. The van der Waals surface area contributed by atoms with Crippen molar-refractivity contribution < 1.29 is 9.84 Å². The Hall–Kier alpha value is -1.70. The van der Waals surface area contributed by atoms with Gasteiger partial charge in [-0.25, -0.2) is 4.98 Å². The number of nitrogens with zero attached hydrogens (tertiary/aromatic N) is 2. The molecule has 5 nitrogen and oxygen atoms in total. The summed E-state index contributed by atoms with van der Waals surface area (Å²) < 4.78 is 7.80. The summed E-state index contributed by atoms with van der Waals surface area (Å²) in [6.45, 7) is 0. The van der Waals surface area contributed by atoms with E-state index >= 15 is 0 Å². The van der Waals surface area contributed by atoms with E-state index in [9.17, 15) is 5.11 Å². The second-order valence-corrected chi connectivity index (χ2v) is 8.14. The van der Waals surface area contributed by atoms with E-state index in [1.54, 1.807) is 23.7 Å². The molecule has 0 saturated heterocycles. The maximum Gasteiger partial charge on any atom is 0.184 e. The number of anilines is 1. The van der Waals surface area contributed by atoms with Crippen LogP contribution in [0.3, 0.4) is 0 Å². The maximum atomic E-state index is 10.1.